The second-order valence-corrected chi connectivity index (χ2v) is 4.61. The van der Waals surface area contributed by atoms with Crippen LogP contribution in [0.3, 0.4) is 0 Å². The van der Waals surface area contributed by atoms with Crippen LogP contribution in [0.5, 0.6) is 5.75 Å². The summed E-state index contributed by atoms with van der Waals surface area (Å²) < 4.78 is 5.33. The predicted octanol–water partition coefficient (Wildman–Crippen LogP) is 2.16. The number of ether oxygens (including phenoxy) is 1. The number of carbonyl (C=O) groups is 2. The number of nitrogens with one attached hydrogen (secondary N) is 1. The van der Waals surface area contributed by atoms with Crippen LogP contribution in [-0.4, -0.2) is 29.6 Å². The Hall–Kier alpha value is -2.30. The summed E-state index contributed by atoms with van der Waals surface area (Å²) in [7, 11) is 0. The van der Waals surface area contributed by atoms with Gasteiger partial charge in [0.25, 0.3) is 5.91 Å². The summed E-state index contributed by atoms with van der Waals surface area (Å²) in [6.45, 7) is 5.38. The predicted molar refractivity (Wildman–Crippen MR) is 80.3 cm³/mol. The van der Waals surface area contributed by atoms with Gasteiger partial charge >= 0.3 is 5.97 Å². The van der Waals surface area contributed by atoms with Gasteiger partial charge in [-0.3, -0.25) is 4.79 Å². The van der Waals surface area contributed by atoms with Crippen LogP contribution in [0.1, 0.15) is 25.3 Å². The Morgan fingerprint density at radius 3 is 2.57 bits per heavy atom. The number of aliphatic carboxylic acids is 1. The number of carbonyl (C=O) groups excluding carboxylic acids is 1. The van der Waals surface area contributed by atoms with E-state index in [1.807, 2.05) is 12.1 Å². The molecule has 1 atom stereocenters. The van der Waals surface area contributed by atoms with Crippen LogP contribution < -0.4 is 10.1 Å². The molecule has 5 nitrogen and oxygen atoms in total. The van der Waals surface area contributed by atoms with Gasteiger partial charge in [-0.1, -0.05) is 25.1 Å². The van der Waals surface area contributed by atoms with Crippen molar-refractivity contribution in [2.75, 3.05) is 6.61 Å². The molecule has 1 aromatic carbocycles. The first kappa shape index (κ1) is 16.8. The maximum absolute atomic E-state index is 11.7. The summed E-state index contributed by atoms with van der Waals surface area (Å²) in [6.07, 6.45) is 3.39. The number of carboxylic acid groups (broad SMARTS) is 1. The molecule has 1 amide bonds. The van der Waals surface area contributed by atoms with Crippen LogP contribution in [0.4, 0.5) is 0 Å². The number of hydrogen-bond donors (Lipinski definition) is 2. The van der Waals surface area contributed by atoms with Crippen molar-refractivity contribution < 1.29 is 19.4 Å². The summed E-state index contributed by atoms with van der Waals surface area (Å²) in [6, 6.07) is 6.52. The molecule has 0 spiro atoms. The van der Waals surface area contributed by atoms with E-state index in [1.54, 1.807) is 18.2 Å². The lowest BCUT2D eigenvalue weighted by Gasteiger charge is -2.14. The zero-order valence-electron chi connectivity index (χ0n) is 12.2. The van der Waals surface area contributed by atoms with Crippen LogP contribution in [-0.2, 0) is 16.0 Å². The molecule has 114 valence electrons. The quantitative estimate of drug-likeness (QED) is 0.684. The zero-order valence-corrected chi connectivity index (χ0v) is 12.2. The molecule has 1 unspecified atom stereocenters. The summed E-state index contributed by atoms with van der Waals surface area (Å²) >= 11 is 0. The SMILES string of the molecule is C=CCCC(NC(=O)COc1ccc(CC)cc1)C(=O)O. The minimum absolute atomic E-state index is 0.205. The van der Waals surface area contributed by atoms with Crippen LogP contribution in [0.25, 0.3) is 0 Å². The van der Waals surface area contributed by atoms with Gasteiger partial charge in [0.2, 0.25) is 0 Å². The molecular formula is C16H21NO4. The highest BCUT2D eigenvalue weighted by molar-refractivity contribution is 5.84. The average molecular weight is 291 g/mol. The standard InChI is InChI=1S/C16H21NO4/c1-3-5-6-14(16(19)20)17-15(18)11-21-13-9-7-12(4-2)8-10-13/h3,7-10,14H,1,4-6,11H2,2H3,(H,17,18)(H,19,20). The molecular weight excluding hydrogens is 270 g/mol. The van der Waals surface area contributed by atoms with Crippen molar-refractivity contribution >= 4 is 11.9 Å². The Kier molecular flexibility index (Phi) is 7.01. The van der Waals surface area contributed by atoms with E-state index >= 15 is 0 Å². The number of amides is 1. The van der Waals surface area contributed by atoms with Gasteiger partial charge < -0.3 is 15.2 Å². The van der Waals surface area contributed by atoms with Gasteiger partial charge in [-0.25, -0.2) is 4.79 Å². The molecule has 21 heavy (non-hydrogen) atoms. The smallest absolute Gasteiger partial charge is 0.326 e. The van der Waals surface area contributed by atoms with E-state index in [1.165, 1.54) is 5.56 Å². The van der Waals surface area contributed by atoms with Crippen LogP contribution in [0, 0.1) is 0 Å². The molecule has 0 fully saturated rings. The molecule has 0 aliphatic heterocycles. The average Bonchev–Trinajstić information content (AvgIpc) is 2.49. The van der Waals surface area contributed by atoms with E-state index in [2.05, 4.69) is 18.8 Å². The zero-order chi connectivity index (χ0) is 15.7. The molecule has 0 saturated carbocycles. The number of rotatable bonds is 9. The van der Waals surface area contributed by atoms with Gasteiger partial charge in [0, 0.05) is 0 Å². The van der Waals surface area contributed by atoms with Crippen molar-refractivity contribution in [3.63, 3.8) is 0 Å². The fraction of sp³-hybridized carbons (Fsp3) is 0.375. The van der Waals surface area contributed by atoms with E-state index in [4.69, 9.17) is 9.84 Å². The molecule has 0 aliphatic carbocycles. The third-order valence-corrected chi connectivity index (χ3v) is 2.99. The van der Waals surface area contributed by atoms with Crippen molar-refractivity contribution in [3.8, 4) is 5.75 Å². The first-order chi connectivity index (χ1) is 10.1. The van der Waals surface area contributed by atoms with Crippen molar-refractivity contribution in [2.24, 2.45) is 0 Å². The highest BCUT2D eigenvalue weighted by Crippen LogP contribution is 2.12. The van der Waals surface area contributed by atoms with Gasteiger partial charge in [-0.05, 0) is 37.0 Å². The lowest BCUT2D eigenvalue weighted by molar-refractivity contribution is -0.142. The monoisotopic (exact) mass is 291 g/mol. The fourth-order valence-corrected chi connectivity index (χ4v) is 1.75. The minimum atomic E-state index is -1.06. The van der Waals surface area contributed by atoms with Gasteiger partial charge in [-0.2, -0.15) is 0 Å². The third kappa shape index (κ3) is 6.12. The molecule has 5 heteroatoms. The number of benzene rings is 1. The highest BCUT2D eigenvalue weighted by Gasteiger charge is 2.19. The summed E-state index contributed by atoms with van der Waals surface area (Å²) in [4.78, 5) is 22.7. The minimum Gasteiger partial charge on any atom is -0.484 e. The molecule has 1 aromatic rings. The Balaban J connectivity index is 2.44. The number of aryl methyl sites for hydroxylation is 1. The summed E-state index contributed by atoms with van der Waals surface area (Å²) in [5.74, 6) is -0.927. The summed E-state index contributed by atoms with van der Waals surface area (Å²) in [5.41, 5.74) is 1.18. The third-order valence-electron chi connectivity index (χ3n) is 2.99. The molecule has 0 bridgehead atoms. The first-order valence-corrected chi connectivity index (χ1v) is 6.91. The normalized spacial score (nSPS) is 11.5. The van der Waals surface area contributed by atoms with Gasteiger partial charge in [0.1, 0.15) is 11.8 Å². The number of allylic oxidation sites excluding steroid dienone is 1. The van der Waals surface area contributed by atoms with Gasteiger partial charge in [-0.15, -0.1) is 6.58 Å². The number of carboxylic acids is 1. The van der Waals surface area contributed by atoms with Crippen LogP contribution in [0.15, 0.2) is 36.9 Å². The Morgan fingerprint density at radius 2 is 2.05 bits per heavy atom. The molecule has 0 aromatic heterocycles. The van der Waals surface area contributed by atoms with Crippen LogP contribution in [0.2, 0.25) is 0 Å². The molecule has 0 radical (unpaired) electrons. The van der Waals surface area contributed by atoms with Crippen molar-refractivity contribution in [1.29, 1.82) is 0 Å². The lowest BCUT2D eigenvalue weighted by Crippen LogP contribution is -2.42. The molecule has 0 heterocycles. The second kappa shape index (κ2) is 8.79. The Morgan fingerprint density at radius 1 is 1.38 bits per heavy atom. The highest BCUT2D eigenvalue weighted by atomic mass is 16.5. The maximum atomic E-state index is 11.7. The molecule has 0 aliphatic rings. The molecule has 0 saturated heterocycles. The molecule has 2 N–H and O–H groups in total. The van der Waals surface area contributed by atoms with Crippen molar-refractivity contribution in [3.05, 3.63) is 42.5 Å². The Labute approximate surface area is 124 Å². The summed E-state index contributed by atoms with van der Waals surface area (Å²) in [5, 5.41) is 11.4. The fourth-order valence-electron chi connectivity index (χ4n) is 1.75. The van der Waals surface area contributed by atoms with Crippen LogP contribution >= 0.6 is 0 Å². The lowest BCUT2D eigenvalue weighted by atomic mass is 10.1. The second-order valence-electron chi connectivity index (χ2n) is 4.61. The Bertz CT molecular complexity index is 482. The topological polar surface area (TPSA) is 75.6 Å². The largest absolute Gasteiger partial charge is 0.484 e. The first-order valence-electron chi connectivity index (χ1n) is 6.91. The molecule has 1 rings (SSSR count). The van der Waals surface area contributed by atoms with Gasteiger partial charge in [0.15, 0.2) is 6.61 Å². The van der Waals surface area contributed by atoms with Crippen molar-refractivity contribution in [1.82, 2.24) is 5.32 Å². The van der Waals surface area contributed by atoms with E-state index in [9.17, 15) is 9.59 Å². The number of hydrogen-bond acceptors (Lipinski definition) is 3. The van der Waals surface area contributed by atoms with E-state index in [-0.39, 0.29) is 6.61 Å². The van der Waals surface area contributed by atoms with E-state index in [0.717, 1.165) is 6.42 Å². The van der Waals surface area contributed by atoms with E-state index in [0.29, 0.717) is 18.6 Å². The van der Waals surface area contributed by atoms with Crippen molar-refractivity contribution in [2.45, 2.75) is 32.2 Å². The van der Waals surface area contributed by atoms with E-state index < -0.39 is 17.9 Å². The van der Waals surface area contributed by atoms with Gasteiger partial charge in [0.05, 0.1) is 0 Å². The maximum Gasteiger partial charge on any atom is 0.326 e.